The molecule has 0 aliphatic rings. The molecule has 12 nitrogen and oxygen atoms in total. The molecule has 33 heavy (non-hydrogen) atoms. The molecule has 0 saturated carbocycles. The summed E-state index contributed by atoms with van der Waals surface area (Å²) >= 11 is 0. The maximum atomic E-state index is 11.8. The van der Waals surface area contributed by atoms with Gasteiger partial charge in [0.15, 0.2) is 0 Å². The van der Waals surface area contributed by atoms with Crippen LogP contribution in [0.5, 0.6) is 0 Å². The van der Waals surface area contributed by atoms with Crippen LogP contribution in [0, 0.1) is 20.2 Å². The largest absolute Gasteiger partial charge is 0.273 e. The van der Waals surface area contributed by atoms with Gasteiger partial charge in [-0.3, -0.25) is 29.8 Å². The van der Waals surface area contributed by atoms with E-state index in [0.29, 0.717) is 30.4 Å². The predicted octanol–water partition coefficient (Wildman–Crippen LogP) is 3.05. The van der Waals surface area contributed by atoms with Crippen LogP contribution in [0.15, 0.2) is 58.7 Å². The van der Waals surface area contributed by atoms with E-state index in [2.05, 4.69) is 21.1 Å². The summed E-state index contributed by atoms with van der Waals surface area (Å²) in [5.41, 5.74) is 5.56. The van der Waals surface area contributed by atoms with E-state index in [1.54, 1.807) is 12.1 Å². The van der Waals surface area contributed by atoms with Crippen LogP contribution in [0.1, 0.15) is 43.2 Å². The lowest BCUT2D eigenvalue weighted by Gasteiger charge is -2.01. The van der Waals surface area contributed by atoms with Crippen molar-refractivity contribution in [1.29, 1.82) is 0 Å². The summed E-state index contributed by atoms with van der Waals surface area (Å²) in [5.74, 6) is -0.606. The van der Waals surface area contributed by atoms with Crippen LogP contribution in [0.2, 0.25) is 0 Å². The van der Waals surface area contributed by atoms with Crippen molar-refractivity contribution in [2.45, 2.75) is 32.1 Å². The summed E-state index contributed by atoms with van der Waals surface area (Å²) in [7, 11) is 0. The van der Waals surface area contributed by atoms with Crippen LogP contribution in [-0.2, 0) is 9.59 Å². The molecule has 0 radical (unpaired) electrons. The number of carbonyl (C=O) groups is 2. The van der Waals surface area contributed by atoms with E-state index in [1.807, 2.05) is 0 Å². The number of hydrazone groups is 2. The lowest BCUT2D eigenvalue weighted by atomic mass is 10.1. The Morgan fingerprint density at radius 2 is 1.18 bits per heavy atom. The minimum Gasteiger partial charge on any atom is -0.273 e. The Labute approximate surface area is 188 Å². The highest BCUT2D eigenvalue weighted by Gasteiger charge is 2.06. The van der Waals surface area contributed by atoms with Crippen LogP contribution in [-0.4, -0.2) is 34.1 Å². The monoisotopic (exact) mass is 454 g/mol. The minimum absolute atomic E-state index is 0.0657. The van der Waals surface area contributed by atoms with E-state index in [4.69, 9.17) is 0 Å². The molecule has 12 heteroatoms. The van der Waals surface area contributed by atoms with E-state index in [-0.39, 0.29) is 36.0 Å². The molecule has 2 aromatic rings. The van der Waals surface area contributed by atoms with Crippen LogP contribution in [0.25, 0.3) is 0 Å². The van der Waals surface area contributed by atoms with E-state index in [9.17, 15) is 29.8 Å². The molecule has 172 valence electrons. The zero-order valence-corrected chi connectivity index (χ0v) is 17.5. The third-order valence-corrected chi connectivity index (χ3v) is 4.28. The summed E-state index contributed by atoms with van der Waals surface area (Å²) in [6.07, 6.45) is 4.85. The molecule has 2 amide bonds. The molecule has 0 aliphatic heterocycles. The molecular weight excluding hydrogens is 432 g/mol. The first-order chi connectivity index (χ1) is 15.8. The molecule has 0 atom stereocenters. The van der Waals surface area contributed by atoms with Crippen molar-refractivity contribution in [1.82, 2.24) is 10.9 Å². The third-order valence-electron chi connectivity index (χ3n) is 4.28. The summed E-state index contributed by atoms with van der Waals surface area (Å²) in [6, 6.07) is 11.7. The molecule has 0 bridgehead atoms. The Kier molecular flexibility index (Phi) is 9.80. The lowest BCUT2D eigenvalue weighted by Crippen LogP contribution is -2.18. The zero-order valence-electron chi connectivity index (χ0n) is 17.5. The summed E-state index contributed by atoms with van der Waals surface area (Å²) in [5, 5.41) is 29.0. The molecule has 2 aromatic carbocycles. The van der Waals surface area contributed by atoms with E-state index >= 15 is 0 Å². The fraction of sp³-hybridized carbons (Fsp3) is 0.238. The fourth-order valence-electron chi connectivity index (χ4n) is 2.65. The molecule has 2 rings (SSSR count). The van der Waals surface area contributed by atoms with Crippen molar-refractivity contribution in [2.24, 2.45) is 10.2 Å². The topological polar surface area (TPSA) is 169 Å². The first-order valence-corrected chi connectivity index (χ1v) is 9.98. The maximum absolute atomic E-state index is 11.8. The van der Waals surface area contributed by atoms with Crippen molar-refractivity contribution in [2.75, 3.05) is 0 Å². The Hall–Kier alpha value is -4.48. The third kappa shape index (κ3) is 9.46. The van der Waals surface area contributed by atoms with Crippen molar-refractivity contribution < 1.29 is 19.4 Å². The number of hydrogen-bond acceptors (Lipinski definition) is 8. The number of nitrogens with zero attached hydrogens (tertiary/aromatic N) is 4. The number of nitro groups is 2. The first kappa shape index (κ1) is 24.8. The highest BCUT2D eigenvalue weighted by Crippen LogP contribution is 2.12. The normalized spacial score (nSPS) is 10.9. The Bertz CT molecular complexity index is 985. The number of non-ortho nitro benzene ring substituents is 2. The van der Waals surface area contributed by atoms with Gasteiger partial charge in [-0.25, -0.2) is 10.9 Å². The fourth-order valence-corrected chi connectivity index (χ4v) is 2.65. The molecule has 0 aliphatic carbocycles. The standard InChI is InChI=1S/C21H22N6O6/c28-20(24-22-14-16-6-4-8-18(12-16)26(30)31)10-2-1-3-11-21(29)25-23-15-17-7-5-9-19(13-17)27(32)33/h4-9,12-15H,1-3,10-11H2,(H,24,28)(H,25,29)/b22-14+,23-15+. The number of carbonyl (C=O) groups excluding carboxylic acids is 2. The molecule has 0 fully saturated rings. The number of unbranched alkanes of at least 4 members (excludes halogenated alkanes) is 2. The second-order valence-electron chi connectivity index (χ2n) is 6.85. The average molecular weight is 454 g/mol. The zero-order chi connectivity index (χ0) is 24.1. The maximum Gasteiger partial charge on any atom is 0.270 e. The molecule has 0 saturated heterocycles. The van der Waals surface area contributed by atoms with Gasteiger partial charge in [0.25, 0.3) is 11.4 Å². The van der Waals surface area contributed by atoms with Gasteiger partial charge in [0.05, 0.1) is 22.3 Å². The first-order valence-electron chi connectivity index (χ1n) is 9.98. The van der Waals surface area contributed by atoms with Crippen molar-refractivity contribution in [3.05, 3.63) is 79.9 Å². The van der Waals surface area contributed by atoms with Gasteiger partial charge in [-0.05, 0) is 12.8 Å². The number of rotatable bonds is 12. The lowest BCUT2D eigenvalue weighted by molar-refractivity contribution is -0.385. The highest BCUT2D eigenvalue weighted by atomic mass is 16.6. The summed E-state index contributed by atoms with van der Waals surface area (Å²) in [4.78, 5) is 44.0. The van der Waals surface area contributed by atoms with Gasteiger partial charge in [0.1, 0.15) is 0 Å². The predicted molar refractivity (Wildman–Crippen MR) is 121 cm³/mol. The number of benzene rings is 2. The second-order valence-corrected chi connectivity index (χ2v) is 6.85. The van der Waals surface area contributed by atoms with Crippen LogP contribution in [0.4, 0.5) is 11.4 Å². The van der Waals surface area contributed by atoms with Gasteiger partial charge < -0.3 is 0 Å². The molecule has 0 spiro atoms. The van der Waals surface area contributed by atoms with Crippen LogP contribution < -0.4 is 10.9 Å². The Balaban J connectivity index is 1.60. The number of amides is 2. The van der Waals surface area contributed by atoms with Gasteiger partial charge in [-0.1, -0.05) is 30.7 Å². The van der Waals surface area contributed by atoms with Gasteiger partial charge >= 0.3 is 0 Å². The molecular formula is C21H22N6O6. The minimum atomic E-state index is -0.514. The SMILES string of the molecule is O=C(CCCCCC(=O)N/N=C/c1cccc([N+](=O)[O-])c1)N/N=C/c1cccc([N+](=O)[O-])c1. The molecule has 0 aromatic heterocycles. The second kappa shape index (κ2) is 13.0. The molecule has 0 unspecified atom stereocenters. The summed E-state index contributed by atoms with van der Waals surface area (Å²) < 4.78 is 0. The number of nitro benzene ring substituents is 2. The average Bonchev–Trinajstić information content (AvgIpc) is 2.79. The summed E-state index contributed by atoms with van der Waals surface area (Å²) in [6.45, 7) is 0. The Morgan fingerprint density at radius 3 is 1.58 bits per heavy atom. The smallest absolute Gasteiger partial charge is 0.270 e. The van der Waals surface area contributed by atoms with E-state index < -0.39 is 9.85 Å². The Morgan fingerprint density at radius 1 is 0.758 bits per heavy atom. The van der Waals surface area contributed by atoms with E-state index in [1.165, 1.54) is 48.8 Å². The van der Waals surface area contributed by atoms with Crippen LogP contribution in [0.3, 0.4) is 0 Å². The van der Waals surface area contributed by atoms with Crippen molar-refractivity contribution in [3.63, 3.8) is 0 Å². The molecule has 0 heterocycles. The quantitative estimate of drug-likeness (QED) is 0.216. The highest BCUT2D eigenvalue weighted by molar-refractivity contribution is 5.83. The number of nitrogens with one attached hydrogen (secondary N) is 2. The van der Waals surface area contributed by atoms with E-state index in [0.717, 1.165) is 0 Å². The van der Waals surface area contributed by atoms with Crippen molar-refractivity contribution >= 4 is 35.6 Å². The number of hydrogen-bond donors (Lipinski definition) is 2. The van der Waals surface area contributed by atoms with Gasteiger partial charge in [0.2, 0.25) is 11.8 Å². The molecule has 2 N–H and O–H groups in total. The van der Waals surface area contributed by atoms with Crippen LogP contribution >= 0.6 is 0 Å². The van der Waals surface area contributed by atoms with Gasteiger partial charge in [-0.2, -0.15) is 10.2 Å². The van der Waals surface area contributed by atoms with Gasteiger partial charge in [-0.15, -0.1) is 0 Å². The van der Waals surface area contributed by atoms with Crippen molar-refractivity contribution in [3.8, 4) is 0 Å². The van der Waals surface area contributed by atoms with Gasteiger partial charge in [0, 0.05) is 48.2 Å².